The molecular weight excluding hydrogens is 362 g/mol. The highest BCUT2D eigenvalue weighted by Crippen LogP contribution is 2.36. The lowest BCUT2D eigenvalue weighted by Gasteiger charge is -2.15. The molecule has 1 aromatic heterocycles. The summed E-state index contributed by atoms with van der Waals surface area (Å²) in [6.07, 6.45) is 0. The maximum absolute atomic E-state index is 10.3. The standard InChI is InChI=1S/C23H17N5O/c1-28(2)17-9-7-15(8-10-17)19-11-21(18-5-3-4-6-22(18)29)27-23(20(19)14-26)16(12-24)13-25/h3-11,16,29H,1-2H3. The number of nitriles is 3. The van der Waals surface area contributed by atoms with Crippen LogP contribution in [0.3, 0.4) is 0 Å². The number of aromatic nitrogens is 1. The van der Waals surface area contributed by atoms with Crippen molar-refractivity contribution in [3.8, 4) is 46.3 Å². The quantitative estimate of drug-likeness (QED) is 0.728. The Morgan fingerprint density at radius 1 is 0.931 bits per heavy atom. The highest BCUT2D eigenvalue weighted by Gasteiger charge is 2.22. The Morgan fingerprint density at radius 2 is 1.59 bits per heavy atom. The van der Waals surface area contributed by atoms with Gasteiger partial charge in [0.1, 0.15) is 11.8 Å². The van der Waals surface area contributed by atoms with Crippen LogP contribution in [0.4, 0.5) is 5.69 Å². The van der Waals surface area contributed by atoms with Crippen LogP contribution in [0, 0.1) is 34.0 Å². The minimum Gasteiger partial charge on any atom is -0.507 e. The van der Waals surface area contributed by atoms with Gasteiger partial charge in [0.25, 0.3) is 0 Å². The molecule has 0 aliphatic rings. The van der Waals surface area contributed by atoms with E-state index in [2.05, 4.69) is 11.1 Å². The number of aromatic hydroxyl groups is 1. The summed E-state index contributed by atoms with van der Waals surface area (Å²) in [5.74, 6) is -1.18. The van der Waals surface area contributed by atoms with Gasteiger partial charge in [0, 0.05) is 30.9 Å². The summed E-state index contributed by atoms with van der Waals surface area (Å²) >= 11 is 0. The van der Waals surface area contributed by atoms with Gasteiger partial charge in [-0.1, -0.05) is 24.3 Å². The van der Waals surface area contributed by atoms with Crippen LogP contribution >= 0.6 is 0 Å². The molecule has 0 radical (unpaired) electrons. The highest BCUT2D eigenvalue weighted by molar-refractivity contribution is 5.79. The zero-order valence-corrected chi connectivity index (χ0v) is 16.0. The molecule has 3 aromatic rings. The highest BCUT2D eigenvalue weighted by atomic mass is 16.3. The molecular formula is C23H17N5O. The first-order valence-electron chi connectivity index (χ1n) is 8.80. The van der Waals surface area contributed by atoms with Crippen LogP contribution in [0.2, 0.25) is 0 Å². The van der Waals surface area contributed by atoms with Crippen molar-refractivity contribution in [1.29, 1.82) is 15.8 Å². The molecule has 0 saturated heterocycles. The fraction of sp³-hybridized carbons (Fsp3) is 0.130. The number of hydrogen-bond donors (Lipinski definition) is 1. The molecule has 0 aliphatic heterocycles. The summed E-state index contributed by atoms with van der Waals surface area (Å²) in [6, 6.07) is 21.9. The van der Waals surface area contributed by atoms with E-state index in [0.717, 1.165) is 11.3 Å². The predicted octanol–water partition coefficient (Wildman–Crippen LogP) is 4.19. The Morgan fingerprint density at radius 3 is 2.14 bits per heavy atom. The molecule has 0 amide bonds. The normalized spacial score (nSPS) is 10.1. The summed E-state index contributed by atoms with van der Waals surface area (Å²) in [5.41, 5.74) is 3.41. The second-order valence-electron chi connectivity index (χ2n) is 6.58. The average Bonchev–Trinajstić information content (AvgIpc) is 2.74. The van der Waals surface area contributed by atoms with E-state index in [-0.39, 0.29) is 17.0 Å². The van der Waals surface area contributed by atoms with Crippen LogP contribution in [-0.4, -0.2) is 24.2 Å². The lowest BCUT2D eigenvalue weighted by molar-refractivity contribution is 0.477. The molecule has 140 valence electrons. The number of anilines is 1. The average molecular weight is 379 g/mol. The summed E-state index contributed by atoms with van der Waals surface area (Å²) in [5, 5.41) is 38.8. The molecule has 2 aromatic carbocycles. The number of phenolic OH excluding ortho intramolecular Hbond substituents is 1. The van der Waals surface area contributed by atoms with Gasteiger partial charge in [-0.2, -0.15) is 15.8 Å². The molecule has 6 heteroatoms. The van der Waals surface area contributed by atoms with Crippen molar-refractivity contribution in [3.63, 3.8) is 0 Å². The van der Waals surface area contributed by atoms with Crippen molar-refractivity contribution in [1.82, 2.24) is 4.98 Å². The van der Waals surface area contributed by atoms with E-state index in [9.17, 15) is 20.9 Å². The minimum absolute atomic E-state index is 0.0232. The fourth-order valence-corrected chi connectivity index (χ4v) is 3.04. The molecule has 1 N–H and O–H groups in total. The van der Waals surface area contributed by atoms with Crippen molar-refractivity contribution in [2.75, 3.05) is 19.0 Å². The van der Waals surface area contributed by atoms with Gasteiger partial charge in [0.15, 0.2) is 5.92 Å². The molecule has 3 rings (SSSR count). The van der Waals surface area contributed by atoms with Gasteiger partial charge in [0.2, 0.25) is 0 Å². The third kappa shape index (κ3) is 3.72. The first kappa shape index (κ1) is 19.4. The molecule has 0 spiro atoms. The van der Waals surface area contributed by atoms with E-state index >= 15 is 0 Å². The molecule has 0 aliphatic carbocycles. The van der Waals surface area contributed by atoms with Gasteiger partial charge in [-0.3, -0.25) is 0 Å². The molecule has 0 atom stereocenters. The molecule has 0 bridgehead atoms. The topological polar surface area (TPSA) is 108 Å². The van der Waals surface area contributed by atoms with E-state index in [1.54, 1.807) is 24.3 Å². The SMILES string of the molecule is CN(C)c1ccc(-c2cc(-c3ccccc3O)nc(C(C#N)C#N)c2C#N)cc1. The zero-order chi connectivity index (χ0) is 21.0. The van der Waals surface area contributed by atoms with Crippen molar-refractivity contribution < 1.29 is 5.11 Å². The number of nitrogens with zero attached hydrogens (tertiary/aromatic N) is 5. The molecule has 0 saturated carbocycles. The van der Waals surface area contributed by atoms with E-state index in [1.807, 2.05) is 55.4 Å². The summed E-state index contributed by atoms with van der Waals surface area (Å²) in [4.78, 5) is 6.37. The minimum atomic E-state index is -1.20. The van der Waals surface area contributed by atoms with Gasteiger partial charge >= 0.3 is 0 Å². The van der Waals surface area contributed by atoms with Gasteiger partial charge in [-0.15, -0.1) is 0 Å². The lowest BCUT2D eigenvalue weighted by Crippen LogP contribution is -2.08. The molecule has 0 unspecified atom stereocenters. The van der Waals surface area contributed by atoms with Crippen LogP contribution in [0.1, 0.15) is 17.2 Å². The van der Waals surface area contributed by atoms with E-state index < -0.39 is 5.92 Å². The number of rotatable bonds is 4. The van der Waals surface area contributed by atoms with Crippen LogP contribution < -0.4 is 4.90 Å². The van der Waals surface area contributed by atoms with Crippen molar-refractivity contribution >= 4 is 5.69 Å². The van der Waals surface area contributed by atoms with Gasteiger partial charge in [-0.25, -0.2) is 4.98 Å². The largest absolute Gasteiger partial charge is 0.507 e. The third-order valence-electron chi connectivity index (χ3n) is 4.57. The lowest BCUT2D eigenvalue weighted by atomic mass is 9.92. The Labute approximate surface area is 169 Å². The zero-order valence-electron chi connectivity index (χ0n) is 16.0. The van der Waals surface area contributed by atoms with Crippen molar-refractivity contribution in [3.05, 3.63) is 65.9 Å². The van der Waals surface area contributed by atoms with Gasteiger partial charge < -0.3 is 10.0 Å². The first-order chi connectivity index (χ1) is 14.0. The maximum Gasteiger partial charge on any atom is 0.176 e. The second-order valence-corrected chi connectivity index (χ2v) is 6.58. The van der Waals surface area contributed by atoms with Crippen molar-refractivity contribution in [2.24, 2.45) is 0 Å². The number of pyridine rings is 1. The summed E-state index contributed by atoms with van der Waals surface area (Å²) in [7, 11) is 3.86. The second kappa shape index (κ2) is 8.13. The molecule has 1 heterocycles. The first-order valence-corrected chi connectivity index (χ1v) is 8.80. The monoisotopic (exact) mass is 379 g/mol. The smallest absolute Gasteiger partial charge is 0.176 e. The van der Waals surface area contributed by atoms with Gasteiger partial charge in [-0.05, 0) is 35.9 Å². The van der Waals surface area contributed by atoms with Crippen LogP contribution in [0.25, 0.3) is 22.4 Å². The van der Waals surface area contributed by atoms with Crippen LogP contribution in [0.5, 0.6) is 5.75 Å². The van der Waals surface area contributed by atoms with Crippen LogP contribution in [-0.2, 0) is 0 Å². The Hall–Kier alpha value is -4.34. The Kier molecular flexibility index (Phi) is 5.44. The Bertz CT molecular complexity index is 1160. The predicted molar refractivity (Wildman–Crippen MR) is 110 cm³/mol. The molecule has 29 heavy (non-hydrogen) atoms. The number of hydrogen-bond acceptors (Lipinski definition) is 6. The number of phenols is 1. The van der Waals surface area contributed by atoms with E-state index in [1.165, 1.54) is 6.07 Å². The third-order valence-corrected chi connectivity index (χ3v) is 4.57. The van der Waals surface area contributed by atoms with Gasteiger partial charge in [0.05, 0.1) is 29.1 Å². The fourth-order valence-electron chi connectivity index (χ4n) is 3.04. The number of para-hydroxylation sites is 1. The van der Waals surface area contributed by atoms with Crippen molar-refractivity contribution in [2.45, 2.75) is 5.92 Å². The Balaban J connectivity index is 2.32. The van der Waals surface area contributed by atoms with E-state index in [0.29, 0.717) is 16.8 Å². The van der Waals surface area contributed by atoms with Crippen LogP contribution in [0.15, 0.2) is 54.6 Å². The maximum atomic E-state index is 10.3. The summed E-state index contributed by atoms with van der Waals surface area (Å²) < 4.78 is 0. The summed E-state index contributed by atoms with van der Waals surface area (Å²) in [6.45, 7) is 0. The van der Waals surface area contributed by atoms with E-state index in [4.69, 9.17) is 0 Å². The molecule has 0 fully saturated rings. The number of benzene rings is 2. The molecule has 6 nitrogen and oxygen atoms in total.